The average molecular weight is 238 g/mol. The Hall–Kier alpha value is -0.800. The smallest absolute Gasteiger partial charge is 0.118 e. The Kier molecular flexibility index (Phi) is 6.30. The molecule has 0 spiro atoms. The number of furan rings is 1. The van der Waals surface area contributed by atoms with Crippen molar-refractivity contribution in [2.75, 3.05) is 26.7 Å². The molecule has 0 radical (unpaired) electrons. The molecule has 0 fully saturated rings. The molecule has 98 valence electrons. The van der Waals surface area contributed by atoms with Crippen molar-refractivity contribution in [1.29, 1.82) is 0 Å². The first-order valence-corrected chi connectivity index (χ1v) is 6.56. The van der Waals surface area contributed by atoms with Gasteiger partial charge < -0.3 is 9.73 Å². The molecule has 1 N–H and O–H groups in total. The van der Waals surface area contributed by atoms with Gasteiger partial charge in [0.05, 0.1) is 6.54 Å². The summed E-state index contributed by atoms with van der Waals surface area (Å²) in [6, 6.07) is 4.08. The van der Waals surface area contributed by atoms with Gasteiger partial charge >= 0.3 is 0 Å². The van der Waals surface area contributed by atoms with E-state index in [1.165, 1.54) is 6.42 Å². The summed E-state index contributed by atoms with van der Waals surface area (Å²) < 4.78 is 5.58. The second kappa shape index (κ2) is 7.51. The Morgan fingerprint density at radius 2 is 2.18 bits per heavy atom. The van der Waals surface area contributed by atoms with Crippen LogP contribution in [-0.2, 0) is 6.54 Å². The highest BCUT2D eigenvalue weighted by atomic mass is 16.3. The molecule has 1 atom stereocenters. The Labute approximate surface area is 105 Å². The molecule has 0 saturated heterocycles. The topological polar surface area (TPSA) is 28.4 Å². The van der Waals surface area contributed by atoms with Crippen LogP contribution in [0.1, 0.15) is 31.8 Å². The standard InChI is InChI=1S/C14H26N2O/c1-5-8-15-9-12(2)10-16(4)11-14-7-6-13(3)17-14/h6-7,12,15H,5,8-11H2,1-4H3. The predicted octanol–water partition coefficient (Wildman–Crippen LogP) is 2.66. The fourth-order valence-electron chi connectivity index (χ4n) is 2.02. The number of nitrogens with one attached hydrogen (secondary N) is 1. The quantitative estimate of drug-likeness (QED) is 0.706. The zero-order valence-corrected chi connectivity index (χ0v) is 11.6. The van der Waals surface area contributed by atoms with E-state index in [-0.39, 0.29) is 0 Å². The molecule has 17 heavy (non-hydrogen) atoms. The third kappa shape index (κ3) is 5.89. The van der Waals surface area contributed by atoms with E-state index in [1.54, 1.807) is 0 Å². The minimum atomic E-state index is 0.669. The van der Waals surface area contributed by atoms with Crippen molar-refractivity contribution in [1.82, 2.24) is 10.2 Å². The average Bonchev–Trinajstić information content (AvgIpc) is 2.64. The lowest BCUT2D eigenvalue weighted by Gasteiger charge is -2.20. The molecule has 0 amide bonds. The monoisotopic (exact) mass is 238 g/mol. The van der Waals surface area contributed by atoms with E-state index >= 15 is 0 Å². The lowest BCUT2D eigenvalue weighted by atomic mass is 10.1. The molecule has 0 bridgehead atoms. The van der Waals surface area contributed by atoms with E-state index in [0.29, 0.717) is 5.92 Å². The molecule has 3 nitrogen and oxygen atoms in total. The normalized spacial score (nSPS) is 13.2. The van der Waals surface area contributed by atoms with Crippen LogP contribution in [0.5, 0.6) is 0 Å². The number of rotatable bonds is 8. The maximum atomic E-state index is 5.58. The van der Waals surface area contributed by atoms with E-state index in [1.807, 2.05) is 13.0 Å². The summed E-state index contributed by atoms with van der Waals surface area (Å²) in [6.45, 7) is 10.7. The summed E-state index contributed by atoms with van der Waals surface area (Å²) in [5.74, 6) is 2.72. The molecular weight excluding hydrogens is 212 g/mol. The molecule has 1 aromatic heterocycles. The SMILES string of the molecule is CCCNCC(C)CN(C)Cc1ccc(C)o1. The lowest BCUT2D eigenvalue weighted by Crippen LogP contribution is -2.31. The minimum absolute atomic E-state index is 0.669. The number of nitrogens with zero attached hydrogens (tertiary/aromatic N) is 1. The van der Waals surface area contributed by atoms with Crippen LogP contribution in [0.4, 0.5) is 0 Å². The second-order valence-corrected chi connectivity index (χ2v) is 5.02. The second-order valence-electron chi connectivity index (χ2n) is 5.02. The zero-order valence-electron chi connectivity index (χ0n) is 11.6. The van der Waals surface area contributed by atoms with Crippen molar-refractivity contribution in [3.05, 3.63) is 23.7 Å². The van der Waals surface area contributed by atoms with E-state index in [2.05, 4.69) is 37.2 Å². The molecule has 0 aliphatic heterocycles. The van der Waals surface area contributed by atoms with Gasteiger partial charge in [0.15, 0.2) is 0 Å². The van der Waals surface area contributed by atoms with Gasteiger partial charge in [-0.3, -0.25) is 4.90 Å². The maximum absolute atomic E-state index is 5.58. The van der Waals surface area contributed by atoms with Gasteiger partial charge in [-0.05, 0) is 51.5 Å². The summed E-state index contributed by atoms with van der Waals surface area (Å²) in [7, 11) is 2.15. The van der Waals surface area contributed by atoms with Crippen LogP contribution >= 0.6 is 0 Å². The van der Waals surface area contributed by atoms with Crippen molar-refractivity contribution < 1.29 is 4.42 Å². The van der Waals surface area contributed by atoms with Crippen molar-refractivity contribution in [2.24, 2.45) is 5.92 Å². The van der Waals surface area contributed by atoms with E-state index in [0.717, 1.165) is 37.7 Å². The van der Waals surface area contributed by atoms with Crippen molar-refractivity contribution in [3.63, 3.8) is 0 Å². The molecule has 0 aliphatic rings. The minimum Gasteiger partial charge on any atom is -0.465 e. The molecule has 0 aliphatic carbocycles. The summed E-state index contributed by atoms with van der Waals surface area (Å²) in [5.41, 5.74) is 0. The fraction of sp³-hybridized carbons (Fsp3) is 0.714. The van der Waals surface area contributed by atoms with Crippen molar-refractivity contribution in [2.45, 2.75) is 33.7 Å². The Morgan fingerprint density at radius 3 is 2.76 bits per heavy atom. The molecule has 0 aromatic carbocycles. The van der Waals surface area contributed by atoms with Gasteiger partial charge in [-0.25, -0.2) is 0 Å². The van der Waals surface area contributed by atoms with Gasteiger partial charge in [0.25, 0.3) is 0 Å². The first-order valence-electron chi connectivity index (χ1n) is 6.56. The molecule has 0 saturated carbocycles. The number of aryl methyl sites for hydroxylation is 1. The Morgan fingerprint density at radius 1 is 1.41 bits per heavy atom. The molecular formula is C14H26N2O. The Balaban J connectivity index is 2.21. The first-order chi connectivity index (χ1) is 8.11. The highest BCUT2D eigenvalue weighted by molar-refractivity contribution is 5.05. The van der Waals surface area contributed by atoms with Crippen LogP contribution in [-0.4, -0.2) is 31.6 Å². The van der Waals surface area contributed by atoms with Crippen molar-refractivity contribution in [3.8, 4) is 0 Å². The van der Waals surface area contributed by atoms with Gasteiger partial charge in [-0.15, -0.1) is 0 Å². The predicted molar refractivity (Wildman–Crippen MR) is 72.1 cm³/mol. The van der Waals surface area contributed by atoms with Crippen LogP contribution in [0.2, 0.25) is 0 Å². The molecule has 3 heteroatoms. The van der Waals surface area contributed by atoms with Crippen LogP contribution in [0.15, 0.2) is 16.5 Å². The fourth-order valence-corrected chi connectivity index (χ4v) is 2.02. The molecule has 1 unspecified atom stereocenters. The number of hydrogen-bond donors (Lipinski definition) is 1. The highest BCUT2D eigenvalue weighted by Gasteiger charge is 2.08. The van der Waals surface area contributed by atoms with E-state index in [4.69, 9.17) is 4.42 Å². The van der Waals surface area contributed by atoms with Gasteiger partial charge in [0, 0.05) is 6.54 Å². The third-order valence-electron chi connectivity index (χ3n) is 2.76. The lowest BCUT2D eigenvalue weighted by molar-refractivity contribution is 0.252. The summed E-state index contributed by atoms with van der Waals surface area (Å²) in [6.07, 6.45) is 1.20. The molecule has 1 rings (SSSR count). The third-order valence-corrected chi connectivity index (χ3v) is 2.76. The van der Waals surface area contributed by atoms with Gasteiger partial charge in [-0.2, -0.15) is 0 Å². The van der Waals surface area contributed by atoms with Crippen LogP contribution in [0.3, 0.4) is 0 Å². The largest absolute Gasteiger partial charge is 0.465 e. The first kappa shape index (κ1) is 14.3. The van der Waals surface area contributed by atoms with Crippen LogP contribution in [0.25, 0.3) is 0 Å². The summed E-state index contributed by atoms with van der Waals surface area (Å²) in [5, 5.41) is 3.46. The molecule has 1 aromatic rings. The van der Waals surface area contributed by atoms with Gasteiger partial charge in [0.1, 0.15) is 11.5 Å². The van der Waals surface area contributed by atoms with Crippen LogP contribution in [0, 0.1) is 12.8 Å². The van der Waals surface area contributed by atoms with Crippen LogP contribution < -0.4 is 5.32 Å². The van der Waals surface area contributed by atoms with Gasteiger partial charge in [0.2, 0.25) is 0 Å². The molecule has 1 heterocycles. The van der Waals surface area contributed by atoms with E-state index < -0.39 is 0 Å². The summed E-state index contributed by atoms with van der Waals surface area (Å²) >= 11 is 0. The summed E-state index contributed by atoms with van der Waals surface area (Å²) in [4.78, 5) is 2.32. The van der Waals surface area contributed by atoms with E-state index in [9.17, 15) is 0 Å². The highest BCUT2D eigenvalue weighted by Crippen LogP contribution is 2.09. The van der Waals surface area contributed by atoms with Gasteiger partial charge in [-0.1, -0.05) is 13.8 Å². The van der Waals surface area contributed by atoms with Crippen molar-refractivity contribution >= 4 is 0 Å². The zero-order chi connectivity index (χ0) is 12.7. The number of hydrogen-bond acceptors (Lipinski definition) is 3. The maximum Gasteiger partial charge on any atom is 0.118 e. The Bertz CT molecular complexity index is 309.